The van der Waals surface area contributed by atoms with E-state index >= 15 is 0 Å². The molecule has 0 amide bonds. The van der Waals surface area contributed by atoms with Gasteiger partial charge < -0.3 is 9.47 Å². The van der Waals surface area contributed by atoms with Crippen molar-refractivity contribution < 1.29 is 18.3 Å². The van der Waals surface area contributed by atoms with E-state index in [1.165, 1.54) is 63.9 Å². The van der Waals surface area contributed by atoms with E-state index in [0.29, 0.717) is 11.8 Å². The smallest absolute Gasteiger partial charge is 0.266 e. The normalized spacial score (nSPS) is 40.6. The van der Waals surface area contributed by atoms with Crippen molar-refractivity contribution in [1.29, 1.82) is 0 Å². The van der Waals surface area contributed by atoms with Crippen LogP contribution in [0.4, 0.5) is 8.78 Å². The fourth-order valence-electron chi connectivity index (χ4n) is 7.43. The monoisotopic (exact) mass is 464 g/mol. The third-order valence-corrected chi connectivity index (χ3v) is 9.50. The third-order valence-electron chi connectivity index (χ3n) is 9.50. The van der Waals surface area contributed by atoms with Gasteiger partial charge in [-0.3, -0.25) is 0 Å². The lowest BCUT2D eigenvalue weighted by molar-refractivity contribution is -0.230. The lowest BCUT2D eigenvalue weighted by atomic mass is 9.65. The minimum atomic E-state index is -1.49. The maximum atomic E-state index is 12.5. The van der Waals surface area contributed by atoms with Crippen molar-refractivity contribution in [2.24, 2.45) is 41.4 Å². The molecule has 3 saturated carbocycles. The lowest BCUT2D eigenvalue weighted by Crippen LogP contribution is -2.39. The fraction of sp³-hybridized carbons (Fsp3) is 0.862. The molecule has 1 aliphatic heterocycles. The van der Waals surface area contributed by atoms with Crippen molar-refractivity contribution in [2.75, 3.05) is 13.2 Å². The molecule has 3 aliphatic carbocycles. The first-order valence-corrected chi connectivity index (χ1v) is 14.0. The molecule has 2 nitrogen and oxygen atoms in total. The summed E-state index contributed by atoms with van der Waals surface area (Å²) in [5, 5.41) is 0. The molecule has 1 heterocycles. The molecule has 4 heteroatoms. The minimum absolute atomic E-state index is 0.0375. The lowest BCUT2D eigenvalue weighted by Gasteiger charge is -2.42. The molecule has 0 aromatic rings. The van der Waals surface area contributed by atoms with Crippen molar-refractivity contribution in [3.05, 3.63) is 24.3 Å². The maximum absolute atomic E-state index is 12.5. The van der Waals surface area contributed by atoms with Gasteiger partial charge >= 0.3 is 0 Å². The minimum Gasteiger partial charge on any atom is -0.352 e. The highest BCUT2D eigenvalue weighted by molar-refractivity contribution is 4.93. The molecule has 0 bridgehead atoms. The number of halogens is 2. The van der Waals surface area contributed by atoms with Crippen LogP contribution in [0, 0.1) is 41.4 Å². The van der Waals surface area contributed by atoms with Crippen molar-refractivity contribution >= 4 is 0 Å². The molecule has 188 valence electrons. The van der Waals surface area contributed by atoms with E-state index in [4.69, 9.17) is 9.47 Å². The van der Waals surface area contributed by atoms with Crippen LogP contribution in [0.1, 0.15) is 96.8 Å². The van der Waals surface area contributed by atoms with E-state index in [-0.39, 0.29) is 12.2 Å². The highest BCUT2D eigenvalue weighted by Crippen LogP contribution is 2.46. The first-order valence-electron chi connectivity index (χ1n) is 14.0. The van der Waals surface area contributed by atoms with Gasteiger partial charge in [0.15, 0.2) is 6.29 Å². The summed E-state index contributed by atoms with van der Waals surface area (Å²) in [5.41, 5.74) is 0. The van der Waals surface area contributed by atoms with Crippen LogP contribution in [0.3, 0.4) is 0 Å². The summed E-state index contributed by atoms with van der Waals surface area (Å²) in [7, 11) is 0. The van der Waals surface area contributed by atoms with Crippen LogP contribution in [0.25, 0.3) is 0 Å². The quantitative estimate of drug-likeness (QED) is 0.351. The van der Waals surface area contributed by atoms with Crippen molar-refractivity contribution in [3.63, 3.8) is 0 Å². The van der Waals surface area contributed by atoms with Gasteiger partial charge in [-0.2, -0.15) is 8.78 Å². The predicted molar refractivity (Wildman–Crippen MR) is 130 cm³/mol. The van der Waals surface area contributed by atoms with E-state index in [0.717, 1.165) is 69.0 Å². The SMILES string of the molecule is C/C=C/CCC1COC(C2CCC(C3CCC(C4CCC(C=C(F)F)CC4)CC3)CC2)OC1. The molecule has 1 saturated heterocycles. The Morgan fingerprint density at radius 3 is 1.61 bits per heavy atom. The van der Waals surface area contributed by atoms with Gasteiger partial charge in [0.1, 0.15) is 0 Å². The maximum Gasteiger partial charge on any atom is 0.266 e. The second-order valence-electron chi connectivity index (χ2n) is 11.5. The van der Waals surface area contributed by atoms with Gasteiger partial charge in [0.05, 0.1) is 13.2 Å². The molecule has 4 aliphatic rings. The molecule has 0 aromatic heterocycles. The third kappa shape index (κ3) is 7.37. The zero-order valence-corrected chi connectivity index (χ0v) is 20.7. The van der Waals surface area contributed by atoms with Crippen molar-refractivity contribution in [3.8, 4) is 0 Å². The van der Waals surface area contributed by atoms with E-state index in [2.05, 4.69) is 19.1 Å². The number of hydrogen-bond acceptors (Lipinski definition) is 2. The Morgan fingerprint density at radius 2 is 1.15 bits per heavy atom. The fourth-order valence-corrected chi connectivity index (χ4v) is 7.43. The van der Waals surface area contributed by atoms with Gasteiger partial charge in [-0.15, -0.1) is 0 Å². The van der Waals surface area contributed by atoms with Gasteiger partial charge in [-0.25, -0.2) is 0 Å². The van der Waals surface area contributed by atoms with Crippen LogP contribution in [0.5, 0.6) is 0 Å². The first-order chi connectivity index (χ1) is 16.1. The number of rotatable bonds is 7. The summed E-state index contributed by atoms with van der Waals surface area (Å²) < 4.78 is 37.4. The topological polar surface area (TPSA) is 18.5 Å². The molecular weight excluding hydrogens is 418 g/mol. The summed E-state index contributed by atoms with van der Waals surface area (Å²) in [6.07, 6.45) is 21.4. The van der Waals surface area contributed by atoms with E-state index < -0.39 is 6.08 Å². The molecule has 0 spiro atoms. The van der Waals surface area contributed by atoms with Crippen LogP contribution in [0.2, 0.25) is 0 Å². The summed E-state index contributed by atoms with van der Waals surface area (Å²) in [5.74, 6) is 4.71. The van der Waals surface area contributed by atoms with Crippen LogP contribution < -0.4 is 0 Å². The average Bonchev–Trinajstić information content (AvgIpc) is 2.85. The number of hydrogen-bond donors (Lipinski definition) is 0. The average molecular weight is 465 g/mol. The Hall–Kier alpha value is -0.740. The molecule has 0 aromatic carbocycles. The standard InChI is InChI=1S/C29H46F2O2/c1-2-3-4-5-22-19-32-29(33-20-22)27-16-14-26(15-17-27)25-12-10-24(11-13-25)23-8-6-21(7-9-23)18-28(30)31/h2-3,18,21-27,29H,4-17,19-20H2,1H3/b3-2+. The summed E-state index contributed by atoms with van der Waals surface area (Å²) in [4.78, 5) is 0. The molecule has 0 radical (unpaired) electrons. The molecule has 0 atom stereocenters. The van der Waals surface area contributed by atoms with E-state index in [9.17, 15) is 8.78 Å². The van der Waals surface area contributed by atoms with Crippen molar-refractivity contribution in [1.82, 2.24) is 0 Å². The Kier molecular flexibility index (Phi) is 9.85. The Balaban J connectivity index is 1.12. The van der Waals surface area contributed by atoms with Gasteiger partial charge in [0.25, 0.3) is 6.08 Å². The van der Waals surface area contributed by atoms with Crippen LogP contribution in [0.15, 0.2) is 24.3 Å². The Morgan fingerprint density at radius 1 is 0.697 bits per heavy atom. The van der Waals surface area contributed by atoms with Crippen LogP contribution in [-0.4, -0.2) is 19.5 Å². The predicted octanol–water partition coefficient (Wildman–Crippen LogP) is 8.53. The van der Waals surface area contributed by atoms with Crippen LogP contribution in [-0.2, 0) is 9.47 Å². The summed E-state index contributed by atoms with van der Waals surface area (Å²) in [6, 6.07) is 0. The van der Waals surface area contributed by atoms with E-state index in [1.807, 2.05) is 0 Å². The first kappa shape index (κ1) is 25.4. The van der Waals surface area contributed by atoms with Crippen LogP contribution >= 0.6 is 0 Å². The second-order valence-corrected chi connectivity index (χ2v) is 11.5. The molecule has 0 unspecified atom stereocenters. The van der Waals surface area contributed by atoms with Gasteiger partial charge in [0.2, 0.25) is 0 Å². The van der Waals surface area contributed by atoms with Gasteiger partial charge in [0, 0.05) is 11.8 Å². The number of allylic oxidation sites excluding steroid dienone is 3. The van der Waals surface area contributed by atoms with Gasteiger partial charge in [-0.05, 0) is 132 Å². The zero-order chi connectivity index (χ0) is 23.0. The highest BCUT2D eigenvalue weighted by Gasteiger charge is 2.37. The molecule has 4 rings (SSSR count). The summed E-state index contributed by atoms with van der Waals surface area (Å²) in [6.45, 7) is 3.82. The molecule has 0 N–H and O–H groups in total. The molecule has 4 fully saturated rings. The Labute approximate surface area is 200 Å². The Bertz CT molecular complexity index is 612. The second kappa shape index (κ2) is 12.8. The zero-order valence-electron chi connectivity index (χ0n) is 20.7. The highest BCUT2D eigenvalue weighted by atomic mass is 19.3. The van der Waals surface area contributed by atoms with E-state index in [1.54, 1.807) is 0 Å². The summed E-state index contributed by atoms with van der Waals surface area (Å²) >= 11 is 0. The van der Waals surface area contributed by atoms with Gasteiger partial charge in [-0.1, -0.05) is 12.2 Å². The number of ether oxygens (including phenoxy) is 2. The molecule has 33 heavy (non-hydrogen) atoms. The molecular formula is C29H46F2O2. The largest absolute Gasteiger partial charge is 0.352 e. The van der Waals surface area contributed by atoms with Crippen molar-refractivity contribution in [2.45, 2.75) is 103 Å².